The third-order valence-corrected chi connectivity index (χ3v) is 4.74. The molecule has 0 unspecified atom stereocenters. The number of aliphatic hydroxyl groups is 1. The molecule has 1 saturated carbocycles. The van der Waals surface area contributed by atoms with Crippen molar-refractivity contribution < 1.29 is 23.4 Å². The number of hydrogen-bond acceptors (Lipinski definition) is 4. The van der Waals surface area contributed by atoms with Gasteiger partial charge in [0.15, 0.2) is 11.5 Å². The minimum atomic E-state index is -2.96. The monoisotopic (exact) mass is 403 g/mol. The Morgan fingerprint density at radius 3 is 2.46 bits per heavy atom. The van der Waals surface area contributed by atoms with E-state index in [0.717, 1.165) is 12.8 Å². The van der Waals surface area contributed by atoms with Crippen LogP contribution in [0.5, 0.6) is 11.5 Å². The molecule has 1 aliphatic rings. The Morgan fingerprint density at radius 2 is 1.85 bits per heavy atom. The van der Waals surface area contributed by atoms with Crippen molar-refractivity contribution >= 4 is 23.2 Å². The van der Waals surface area contributed by atoms with Crippen LogP contribution < -0.4 is 9.47 Å². The van der Waals surface area contributed by atoms with Crippen LogP contribution in [0.3, 0.4) is 0 Å². The van der Waals surface area contributed by atoms with Crippen LogP contribution in [0.25, 0.3) is 0 Å². The van der Waals surface area contributed by atoms with Crippen LogP contribution in [0.1, 0.15) is 30.1 Å². The zero-order valence-electron chi connectivity index (χ0n) is 13.7. The predicted octanol–water partition coefficient (Wildman–Crippen LogP) is 5.05. The molecule has 1 atom stereocenters. The quantitative estimate of drug-likeness (QED) is 0.669. The van der Waals surface area contributed by atoms with E-state index in [0.29, 0.717) is 33.7 Å². The van der Waals surface area contributed by atoms with Crippen molar-refractivity contribution in [3.63, 3.8) is 0 Å². The summed E-state index contributed by atoms with van der Waals surface area (Å²) in [6.45, 7) is -2.52. The molecule has 1 heterocycles. The van der Waals surface area contributed by atoms with Gasteiger partial charge < -0.3 is 14.6 Å². The fraction of sp³-hybridized carbons (Fsp3) is 0.389. The summed E-state index contributed by atoms with van der Waals surface area (Å²) in [5, 5.41) is 11.2. The van der Waals surface area contributed by atoms with Gasteiger partial charge in [0, 0.05) is 18.8 Å². The number of ether oxygens (including phenoxy) is 2. The summed E-state index contributed by atoms with van der Waals surface area (Å²) in [6.07, 6.45) is 4.21. The van der Waals surface area contributed by atoms with Gasteiger partial charge in [0.25, 0.3) is 0 Å². The molecule has 0 saturated heterocycles. The number of aliphatic hydroxyl groups excluding tert-OH is 1. The molecule has 26 heavy (non-hydrogen) atoms. The molecule has 1 aromatic carbocycles. The lowest BCUT2D eigenvalue weighted by Gasteiger charge is -2.17. The first kappa shape index (κ1) is 19.1. The van der Waals surface area contributed by atoms with Crippen molar-refractivity contribution in [2.24, 2.45) is 5.92 Å². The SMILES string of the molecule is O[C@H](Cc1c(Cl)cncc1Cl)c1ccc(OC(F)F)c(OCC2CC2)c1. The number of hydrogen-bond donors (Lipinski definition) is 1. The number of alkyl halides is 2. The third-order valence-electron chi connectivity index (χ3n) is 4.09. The van der Waals surface area contributed by atoms with Gasteiger partial charge in [0.2, 0.25) is 0 Å². The molecular formula is C18H17Cl2F2NO3. The Hall–Kier alpha value is -1.63. The standard InChI is InChI=1S/C18H17Cl2F2NO3/c19-13-7-23-8-14(20)12(13)6-15(24)11-3-4-16(26-18(21)22)17(5-11)25-9-10-1-2-10/h3-5,7-8,10,15,18,24H,1-2,6,9H2/t15-/m1/s1. The second kappa shape index (κ2) is 8.37. The van der Waals surface area contributed by atoms with Gasteiger partial charge in [0.05, 0.1) is 22.8 Å². The van der Waals surface area contributed by atoms with Gasteiger partial charge in [-0.2, -0.15) is 8.78 Å². The van der Waals surface area contributed by atoms with Gasteiger partial charge >= 0.3 is 6.61 Å². The zero-order chi connectivity index (χ0) is 18.7. The summed E-state index contributed by atoms with van der Waals surface area (Å²) >= 11 is 12.2. The Labute approximate surface area is 159 Å². The largest absolute Gasteiger partial charge is 0.489 e. The van der Waals surface area contributed by atoms with E-state index in [1.807, 2.05) is 0 Å². The Morgan fingerprint density at radius 1 is 1.15 bits per heavy atom. The Kier molecular flexibility index (Phi) is 6.16. The van der Waals surface area contributed by atoms with Gasteiger partial charge in [-0.15, -0.1) is 0 Å². The van der Waals surface area contributed by atoms with Crippen LogP contribution >= 0.6 is 23.2 Å². The molecule has 4 nitrogen and oxygen atoms in total. The van der Waals surface area contributed by atoms with E-state index in [2.05, 4.69) is 9.72 Å². The maximum Gasteiger partial charge on any atom is 0.387 e. The van der Waals surface area contributed by atoms with E-state index in [1.54, 1.807) is 0 Å². The first-order chi connectivity index (χ1) is 12.4. The van der Waals surface area contributed by atoms with Crippen molar-refractivity contribution in [3.05, 3.63) is 51.8 Å². The minimum Gasteiger partial charge on any atom is -0.489 e. The van der Waals surface area contributed by atoms with Crippen molar-refractivity contribution in [2.45, 2.75) is 32.0 Å². The van der Waals surface area contributed by atoms with Crippen LogP contribution in [0, 0.1) is 5.92 Å². The van der Waals surface area contributed by atoms with E-state index in [4.69, 9.17) is 27.9 Å². The first-order valence-corrected chi connectivity index (χ1v) is 8.87. The summed E-state index contributed by atoms with van der Waals surface area (Å²) in [5.41, 5.74) is 1.05. The van der Waals surface area contributed by atoms with Crippen LogP contribution in [0.15, 0.2) is 30.6 Å². The highest BCUT2D eigenvalue weighted by atomic mass is 35.5. The first-order valence-electron chi connectivity index (χ1n) is 8.11. The van der Waals surface area contributed by atoms with E-state index < -0.39 is 12.7 Å². The van der Waals surface area contributed by atoms with E-state index >= 15 is 0 Å². The summed E-state index contributed by atoms with van der Waals surface area (Å²) in [6, 6.07) is 4.38. The molecule has 2 aromatic rings. The maximum absolute atomic E-state index is 12.6. The van der Waals surface area contributed by atoms with E-state index in [-0.39, 0.29) is 17.9 Å². The van der Waals surface area contributed by atoms with E-state index in [1.165, 1.54) is 30.6 Å². The van der Waals surface area contributed by atoms with Crippen molar-refractivity contribution in [1.29, 1.82) is 0 Å². The highest BCUT2D eigenvalue weighted by Gasteiger charge is 2.24. The Balaban J connectivity index is 1.80. The Bertz CT molecular complexity index is 752. The molecule has 0 amide bonds. The fourth-order valence-corrected chi connectivity index (χ4v) is 2.99. The molecule has 1 fully saturated rings. The van der Waals surface area contributed by atoms with Crippen molar-refractivity contribution in [1.82, 2.24) is 4.98 Å². The van der Waals surface area contributed by atoms with Crippen molar-refractivity contribution in [3.8, 4) is 11.5 Å². The van der Waals surface area contributed by atoms with Crippen LogP contribution in [-0.4, -0.2) is 23.3 Å². The van der Waals surface area contributed by atoms with Gasteiger partial charge in [-0.25, -0.2) is 0 Å². The number of rotatable bonds is 8. The summed E-state index contributed by atoms with van der Waals surface area (Å²) in [4.78, 5) is 3.87. The van der Waals surface area contributed by atoms with Gasteiger partial charge in [-0.05, 0) is 42.0 Å². The molecule has 1 N–H and O–H groups in total. The van der Waals surface area contributed by atoms with Crippen molar-refractivity contribution in [2.75, 3.05) is 6.61 Å². The van der Waals surface area contributed by atoms with Gasteiger partial charge in [0.1, 0.15) is 0 Å². The molecule has 0 bridgehead atoms. The molecule has 140 valence electrons. The number of nitrogens with zero attached hydrogens (tertiary/aromatic N) is 1. The normalized spacial score (nSPS) is 15.2. The topological polar surface area (TPSA) is 51.6 Å². The summed E-state index contributed by atoms with van der Waals surface area (Å²) < 4.78 is 35.3. The summed E-state index contributed by atoms with van der Waals surface area (Å²) in [5.74, 6) is 0.564. The number of aromatic nitrogens is 1. The lowest BCUT2D eigenvalue weighted by molar-refractivity contribution is -0.0515. The van der Waals surface area contributed by atoms with Gasteiger partial charge in [-0.3, -0.25) is 4.98 Å². The molecule has 0 spiro atoms. The second-order valence-corrected chi connectivity index (χ2v) is 6.96. The second-order valence-electron chi connectivity index (χ2n) is 6.14. The summed E-state index contributed by atoms with van der Waals surface area (Å²) in [7, 11) is 0. The van der Waals surface area contributed by atoms with Crippen LogP contribution in [0.2, 0.25) is 10.0 Å². The minimum absolute atomic E-state index is 0.0587. The molecule has 1 aromatic heterocycles. The molecular weight excluding hydrogens is 387 g/mol. The number of benzene rings is 1. The lowest BCUT2D eigenvalue weighted by Crippen LogP contribution is -2.08. The molecule has 0 aliphatic heterocycles. The van der Waals surface area contributed by atoms with Gasteiger partial charge in [-0.1, -0.05) is 29.3 Å². The van der Waals surface area contributed by atoms with Crippen LogP contribution in [0.4, 0.5) is 8.78 Å². The molecule has 8 heteroatoms. The lowest BCUT2D eigenvalue weighted by atomic mass is 10.0. The fourth-order valence-electron chi connectivity index (χ4n) is 2.47. The number of halogens is 4. The van der Waals surface area contributed by atoms with E-state index in [9.17, 15) is 13.9 Å². The highest BCUT2D eigenvalue weighted by Crippen LogP contribution is 2.36. The third kappa shape index (κ3) is 4.96. The average molecular weight is 404 g/mol. The average Bonchev–Trinajstić information content (AvgIpc) is 3.41. The zero-order valence-corrected chi connectivity index (χ0v) is 15.2. The maximum atomic E-state index is 12.6. The predicted molar refractivity (Wildman–Crippen MR) is 94.2 cm³/mol. The van der Waals surface area contributed by atoms with Crippen LogP contribution in [-0.2, 0) is 6.42 Å². The molecule has 0 radical (unpaired) electrons. The molecule has 3 rings (SSSR count). The number of pyridine rings is 1. The smallest absolute Gasteiger partial charge is 0.387 e. The molecule has 1 aliphatic carbocycles. The highest BCUT2D eigenvalue weighted by molar-refractivity contribution is 6.35.